The SMILES string of the molecule is NC(=O)c1ccccc1NC(=O)Cc1csc(N2CCCC2=O)n1. The molecule has 0 saturated carbocycles. The van der Waals surface area contributed by atoms with Crippen molar-refractivity contribution in [3.05, 3.63) is 40.9 Å². The van der Waals surface area contributed by atoms with E-state index >= 15 is 0 Å². The molecule has 0 spiro atoms. The Morgan fingerprint density at radius 2 is 2.12 bits per heavy atom. The van der Waals surface area contributed by atoms with Gasteiger partial charge in [-0.2, -0.15) is 0 Å². The maximum Gasteiger partial charge on any atom is 0.250 e. The highest BCUT2D eigenvalue weighted by molar-refractivity contribution is 7.14. The van der Waals surface area contributed by atoms with Crippen molar-refractivity contribution in [2.45, 2.75) is 19.3 Å². The average molecular weight is 344 g/mol. The van der Waals surface area contributed by atoms with E-state index in [1.807, 2.05) is 0 Å². The Hall–Kier alpha value is -2.74. The molecule has 3 rings (SSSR count). The number of carbonyl (C=O) groups is 3. The molecule has 8 heteroatoms. The molecular formula is C16H16N4O3S. The van der Waals surface area contributed by atoms with Crippen LogP contribution in [0.5, 0.6) is 0 Å². The van der Waals surface area contributed by atoms with Crippen molar-refractivity contribution in [3.63, 3.8) is 0 Å². The summed E-state index contributed by atoms with van der Waals surface area (Å²) in [6.45, 7) is 0.671. The number of para-hydroxylation sites is 1. The van der Waals surface area contributed by atoms with Crippen LogP contribution in [-0.4, -0.2) is 29.3 Å². The molecule has 0 bridgehead atoms. The van der Waals surface area contributed by atoms with Crippen molar-refractivity contribution in [2.24, 2.45) is 5.73 Å². The number of hydrogen-bond donors (Lipinski definition) is 2. The predicted octanol–water partition coefficient (Wildman–Crippen LogP) is 1.55. The van der Waals surface area contributed by atoms with Gasteiger partial charge in [0.1, 0.15) is 0 Å². The first-order valence-electron chi connectivity index (χ1n) is 7.48. The molecule has 124 valence electrons. The number of nitrogens with zero attached hydrogens (tertiary/aromatic N) is 2. The number of carbonyl (C=O) groups excluding carboxylic acids is 3. The van der Waals surface area contributed by atoms with Gasteiger partial charge in [0.25, 0.3) is 5.91 Å². The summed E-state index contributed by atoms with van der Waals surface area (Å²) in [5.74, 6) is -0.835. The van der Waals surface area contributed by atoms with E-state index in [9.17, 15) is 14.4 Å². The predicted molar refractivity (Wildman–Crippen MR) is 91.0 cm³/mol. The molecule has 1 aliphatic heterocycles. The minimum atomic E-state index is -0.602. The van der Waals surface area contributed by atoms with Gasteiger partial charge < -0.3 is 11.1 Å². The zero-order chi connectivity index (χ0) is 17.1. The quantitative estimate of drug-likeness (QED) is 0.858. The van der Waals surface area contributed by atoms with Crippen molar-refractivity contribution in [1.82, 2.24) is 4.98 Å². The smallest absolute Gasteiger partial charge is 0.250 e. The van der Waals surface area contributed by atoms with E-state index in [-0.39, 0.29) is 23.8 Å². The Morgan fingerprint density at radius 1 is 1.33 bits per heavy atom. The standard InChI is InChI=1S/C16H16N4O3S/c17-15(23)11-4-1-2-5-12(11)19-13(21)8-10-9-24-16(18-10)20-7-3-6-14(20)22/h1-2,4-5,9H,3,6-8H2,(H2,17,23)(H,19,21). The van der Waals surface area contributed by atoms with E-state index in [0.717, 1.165) is 6.42 Å². The lowest BCUT2D eigenvalue weighted by atomic mass is 10.1. The Kier molecular flexibility index (Phi) is 4.57. The highest BCUT2D eigenvalue weighted by Gasteiger charge is 2.24. The molecule has 0 radical (unpaired) electrons. The van der Waals surface area contributed by atoms with Crippen molar-refractivity contribution >= 4 is 39.9 Å². The summed E-state index contributed by atoms with van der Waals surface area (Å²) in [6, 6.07) is 6.56. The number of amides is 3. The van der Waals surface area contributed by atoms with E-state index < -0.39 is 5.91 Å². The maximum absolute atomic E-state index is 12.2. The molecule has 2 heterocycles. The Labute approximate surface area is 142 Å². The molecule has 1 aromatic carbocycles. The van der Waals surface area contributed by atoms with Crippen LogP contribution in [0.1, 0.15) is 28.9 Å². The van der Waals surface area contributed by atoms with Gasteiger partial charge in [-0.1, -0.05) is 12.1 Å². The second kappa shape index (κ2) is 6.79. The normalized spacial score (nSPS) is 14.0. The number of primary amides is 1. The summed E-state index contributed by atoms with van der Waals surface area (Å²) in [7, 11) is 0. The molecule has 1 aliphatic rings. The monoisotopic (exact) mass is 344 g/mol. The summed E-state index contributed by atoms with van der Waals surface area (Å²) in [4.78, 5) is 41.3. The van der Waals surface area contributed by atoms with Gasteiger partial charge in [0, 0.05) is 18.3 Å². The number of aromatic nitrogens is 1. The Bertz CT molecular complexity index is 802. The van der Waals surface area contributed by atoms with Crippen LogP contribution in [0.15, 0.2) is 29.6 Å². The number of hydrogen-bond acceptors (Lipinski definition) is 5. The van der Waals surface area contributed by atoms with Gasteiger partial charge in [0.15, 0.2) is 5.13 Å². The molecule has 1 saturated heterocycles. The lowest BCUT2D eigenvalue weighted by Gasteiger charge is -2.10. The number of nitrogens with one attached hydrogen (secondary N) is 1. The van der Waals surface area contributed by atoms with Crippen molar-refractivity contribution in [2.75, 3.05) is 16.8 Å². The summed E-state index contributed by atoms with van der Waals surface area (Å²) >= 11 is 1.35. The summed E-state index contributed by atoms with van der Waals surface area (Å²) in [5, 5.41) is 5.06. The van der Waals surface area contributed by atoms with Gasteiger partial charge in [0.2, 0.25) is 11.8 Å². The van der Waals surface area contributed by atoms with Gasteiger partial charge >= 0.3 is 0 Å². The topological polar surface area (TPSA) is 105 Å². The minimum absolute atomic E-state index is 0.0611. The van der Waals surface area contributed by atoms with Gasteiger partial charge in [-0.15, -0.1) is 11.3 Å². The number of benzene rings is 1. The summed E-state index contributed by atoms with van der Waals surface area (Å²) < 4.78 is 0. The van der Waals surface area contributed by atoms with Gasteiger partial charge in [-0.05, 0) is 18.6 Å². The first-order chi connectivity index (χ1) is 11.5. The van der Waals surface area contributed by atoms with Gasteiger partial charge in [-0.3, -0.25) is 19.3 Å². The van der Waals surface area contributed by atoms with Crippen LogP contribution in [0.25, 0.3) is 0 Å². The number of nitrogens with two attached hydrogens (primary N) is 1. The van der Waals surface area contributed by atoms with Crippen LogP contribution in [0, 0.1) is 0 Å². The Balaban J connectivity index is 1.67. The zero-order valence-corrected chi connectivity index (χ0v) is 13.6. The van der Waals surface area contributed by atoms with E-state index in [1.165, 1.54) is 11.3 Å². The summed E-state index contributed by atoms with van der Waals surface area (Å²) in [5.41, 5.74) is 6.51. The van der Waals surface area contributed by atoms with Crippen LogP contribution >= 0.6 is 11.3 Å². The molecule has 0 unspecified atom stereocenters. The molecule has 3 N–H and O–H groups in total. The van der Waals surface area contributed by atoms with Crippen molar-refractivity contribution in [3.8, 4) is 0 Å². The highest BCUT2D eigenvalue weighted by Crippen LogP contribution is 2.25. The van der Waals surface area contributed by atoms with E-state index in [0.29, 0.717) is 29.5 Å². The Morgan fingerprint density at radius 3 is 2.83 bits per heavy atom. The lowest BCUT2D eigenvalue weighted by molar-refractivity contribution is -0.117. The summed E-state index contributed by atoms with van der Waals surface area (Å²) in [6.07, 6.45) is 1.43. The fourth-order valence-electron chi connectivity index (χ4n) is 2.52. The van der Waals surface area contributed by atoms with Crippen LogP contribution in [0.2, 0.25) is 0 Å². The number of thiazole rings is 1. The fourth-order valence-corrected chi connectivity index (χ4v) is 3.39. The van der Waals surface area contributed by atoms with E-state index in [2.05, 4.69) is 10.3 Å². The van der Waals surface area contributed by atoms with Crippen molar-refractivity contribution < 1.29 is 14.4 Å². The molecule has 0 atom stereocenters. The molecule has 7 nitrogen and oxygen atoms in total. The lowest BCUT2D eigenvalue weighted by Crippen LogP contribution is -2.23. The largest absolute Gasteiger partial charge is 0.366 e. The van der Waals surface area contributed by atoms with E-state index in [1.54, 1.807) is 34.5 Å². The highest BCUT2D eigenvalue weighted by atomic mass is 32.1. The van der Waals surface area contributed by atoms with Gasteiger partial charge in [0.05, 0.1) is 23.4 Å². The maximum atomic E-state index is 12.2. The third kappa shape index (κ3) is 3.43. The average Bonchev–Trinajstić information content (AvgIpc) is 3.16. The second-order valence-electron chi connectivity index (χ2n) is 5.41. The second-order valence-corrected chi connectivity index (χ2v) is 6.24. The van der Waals surface area contributed by atoms with Crippen LogP contribution in [0.4, 0.5) is 10.8 Å². The third-order valence-corrected chi connectivity index (χ3v) is 4.56. The zero-order valence-electron chi connectivity index (χ0n) is 12.8. The van der Waals surface area contributed by atoms with Crippen LogP contribution < -0.4 is 16.0 Å². The van der Waals surface area contributed by atoms with Gasteiger partial charge in [-0.25, -0.2) is 4.98 Å². The molecule has 2 aromatic rings. The molecule has 0 aliphatic carbocycles. The molecule has 24 heavy (non-hydrogen) atoms. The third-order valence-electron chi connectivity index (χ3n) is 3.65. The first-order valence-corrected chi connectivity index (χ1v) is 8.36. The first kappa shape index (κ1) is 16.1. The minimum Gasteiger partial charge on any atom is -0.366 e. The molecule has 1 fully saturated rings. The van der Waals surface area contributed by atoms with Crippen molar-refractivity contribution in [1.29, 1.82) is 0 Å². The van der Waals surface area contributed by atoms with Crippen LogP contribution in [0.3, 0.4) is 0 Å². The molecule has 3 amide bonds. The number of anilines is 2. The fraction of sp³-hybridized carbons (Fsp3) is 0.250. The van der Waals surface area contributed by atoms with Crippen LogP contribution in [-0.2, 0) is 16.0 Å². The molecular weight excluding hydrogens is 328 g/mol. The molecule has 1 aromatic heterocycles. The number of rotatable bonds is 5. The van der Waals surface area contributed by atoms with E-state index in [4.69, 9.17) is 5.73 Å².